The number of hydrogen-bond donors (Lipinski definition) is 1. The summed E-state index contributed by atoms with van der Waals surface area (Å²) in [7, 11) is 0. The van der Waals surface area contributed by atoms with Gasteiger partial charge in [-0.1, -0.05) is 30.3 Å². The Hall–Kier alpha value is -2.20. The average Bonchev–Trinajstić information content (AvgIpc) is 3.19. The third kappa shape index (κ3) is 4.06. The van der Waals surface area contributed by atoms with Gasteiger partial charge >= 0.3 is 0 Å². The molecule has 2 aliphatic heterocycles. The molecular weight excluding hydrogens is 339 g/mol. The molecule has 1 amide bonds. The largest absolute Gasteiger partial charge is 0.338 e. The minimum absolute atomic E-state index is 0.112. The fourth-order valence-corrected chi connectivity index (χ4v) is 4.87. The number of rotatable bonds is 4. The lowest BCUT2D eigenvalue weighted by Gasteiger charge is -2.35. The molecule has 0 aromatic heterocycles. The van der Waals surface area contributed by atoms with Crippen LogP contribution in [0.1, 0.15) is 41.1 Å². The second kappa shape index (κ2) is 8.22. The summed E-state index contributed by atoms with van der Waals surface area (Å²) in [6, 6.07) is 16.6. The van der Waals surface area contributed by atoms with Gasteiger partial charge in [0.25, 0.3) is 5.91 Å². The Morgan fingerprint density at radius 2 is 1.78 bits per heavy atom. The highest BCUT2D eigenvalue weighted by Crippen LogP contribution is 2.41. The number of carbonyl (C=O) groups excluding carboxylic acids is 1. The van der Waals surface area contributed by atoms with Gasteiger partial charge in [0.15, 0.2) is 0 Å². The Kier molecular flexibility index (Phi) is 5.53. The molecule has 2 aliphatic rings. The number of nitrogens with one attached hydrogen (secondary N) is 1. The van der Waals surface area contributed by atoms with Gasteiger partial charge in [0, 0.05) is 18.7 Å². The van der Waals surface area contributed by atoms with Crippen molar-refractivity contribution in [2.45, 2.75) is 25.2 Å². The van der Waals surface area contributed by atoms with Gasteiger partial charge in [-0.2, -0.15) is 0 Å². The Morgan fingerprint density at radius 1 is 1.00 bits per heavy atom. The Labute approximate surface area is 160 Å². The molecule has 2 saturated heterocycles. The second-order valence-corrected chi connectivity index (χ2v) is 7.83. The molecule has 1 N–H and O–H groups in total. The monoisotopic (exact) mass is 366 g/mol. The first kappa shape index (κ1) is 18.2. The highest BCUT2D eigenvalue weighted by atomic mass is 19.1. The maximum atomic E-state index is 13.9. The number of benzene rings is 2. The van der Waals surface area contributed by atoms with E-state index in [4.69, 9.17) is 0 Å². The molecule has 0 aliphatic carbocycles. The van der Waals surface area contributed by atoms with E-state index in [2.05, 4.69) is 11.4 Å². The highest BCUT2D eigenvalue weighted by molar-refractivity contribution is 5.94. The van der Waals surface area contributed by atoms with Gasteiger partial charge in [0.2, 0.25) is 0 Å². The van der Waals surface area contributed by atoms with E-state index in [1.807, 2.05) is 41.3 Å². The van der Waals surface area contributed by atoms with E-state index < -0.39 is 0 Å². The number of piperidine rings is 1. The third-order valence-corrected chi connectivity index (χ3v) is 6.17. The molecule has 2 unspecified atom stereocenters. The van der Waals surface area contributed by atoms with E-state index in [0.29, 0.717) is 17.8 Å². The van der Waals surface area contributed by atoms with Crippen LogP contribution in [0.2, 0.25) is 0 Å². The first-order valence-electron chi connectivity index (χ1n) is 10.0. The van der Waals surface area contributed by atoms with Gasteiger partial charge in [-0.3, -0.25) is 4.79 Å². The lowest BCUT2D eigenvalue weighted by molar-refractivity contribution is 0.0782. The van der Waals surface area contributed by atoms with Crippen LogP contribution < -0.4 is 5.32 Å². The number of amides is 1. The molecule has 3 nitrogen and oxygen atoms in total. The minimum Gasteiger partial charge on any atom is -0.338 e. The molecule has 142 valence electrons. The van der Waals surface area contributed by atoms with Crippen molar-refractivity contribution in [1.29, 1.82) is 0 Å². The maximum absolute atomic E-state index is 13.9. The van der Waals surface area contributed by atoms with Crippen LogP contribution in [0.4, 0.5) is 4.39 Å². The van der Waals surface area contributed by atoms with Gasteiger partial charge in [0.1, 0.15) is 5.82 Å². The van der Waals surface area contributed by atoms with E-state index >= 15 is 0 Å². The van der Waals surface area contributed by atoms with E-state index in [-0.39, 0.29) is 11.7 Å². The van der Waals surface area contributed by atoms with Gasteiger partial charge in [-0.05, 0) is 79.9 Å². The minimum atomic E-state index is -0.165. The molecule has 2 atom stereocenters. The van der Waals surface area contributed by atoms with Gasteiger partial charge in [-0.15, -0.1) is 0 Å². The highest BCUT2D eigenvalue weighted by Gasteiger charge is 2.37. The topological polar surface area (TPSA) is 32.3 Å². The van der Waals surface area contributed by atoms with Crippen LogP contribution in [0.25, 0.3) is 0 Å². The van der Waals surface area contributed by atoms with Crippen molar-refractivity contribution >= 4 is 5.91 Å². The van der Waals surface area contributed by atoms with E-state index in [9.17, 15) is 9.18 Å². The lowest BCUT2D eigenvalue weighted by Crippen LogP contribution is -2.35. The van der Waals surface area contributed by atoms with E-state index in [1.54, 1.807) is 6.07 Å². The standard InChI is InChI=1S/C23H27FN2O/c24-21-8-4-7-19(15-21)22(17-9-12-25-13-10-17)20-11-14-26(16-20)23(27)18-5-2-1-3-6-18/h1-8,15,17,20,22,25H,9-14,16H2. The van der Waals surface area contributed by atoms with Crippen molar-refractivity contribution in [3.63, 3.8) is 0 Å². The Bertz CT molecular complexity index is 773. The van der Waals surface area contributed by atoms with Crippen molar-refractivity contribution in [3.8, 4) is 0 Å². The van der Waals surface area contributed by atoms with Crippen LogP contribution in [0.15, 0.2) is 54.6 Å². The Morgan fingerprint density at radius 3 is 2.52 bits per heavy atom. The molecule has 0 radical (unpaired) electrons. The zero-order valence-corrected chi connectivity index (χ0v) is 15.6. The summed E-state index contributed by atoms with van der Waals surface area (Å²) in [5.74, 6) is 1.20. The second-order valence-electron chi connectivity index (χ2n) is 7.83. The first-order valence-corrected chi connectivity index (χ1v) is 10.0. The number of hydrogen-bond acceptors (Lipinski definition) is 2. The summed E-state index contributed by atoms with van der Waals surface area (Å²) < 4.78 is 13.9. The van der Waals surface area contributed by atoms with Crippen molar-refractivity contribution in [1.82, 2.24) is 10.2 Å². The predicted octanol–water partition coefficient (Wildman–Crippen LogP) is 4.07. The smallest absolute Gasteiger partial charge is 0.253 e. The molecule has 0 saturated carbocycles. The summed E-state index contributed by atoms with van der Waals surface area (Å²) >= 11 is 0. The fraction of sp³-hybridized carbons (Fsp3) is 0.435. The van der Waals surface area contributed by atoms with Crippen LogP contribution in [-0.4, -0.2) is 37.0 Å². The quantitative estimate of drug-likeness (QED) is 0.885. The van der Waals surface area contributed by atoms with Gasteiger partial charge < -0.3 is 10.2 Å². The number of halogens is 1. The molecule has 0 bridgehead atoms. The molecule has 2 aromatic carbocycles. The molecule has 2 aromatic rings. The number of nitrogens with zero attached hydrogens (tertiary/aromatic N) is 1. The fourth-order valence-electron chi connectivity index (χ4n) is 4.87. The van der Waals surface area contributed by atoms with Crippen LogP contribution in [0.5, 0.6) is 0 Å². The summed E-state index contributed by atoms with van der Waals surface area (Å²) in [5.41, 5.74) is 1.85. The summed E-state index contributed by atoms with van der Waals surface area (Å²) in [4.78, 5) is 14.8. The van der Waals surface area contributed by atoms with E-state index in [1.165, 1.54) is 6.07 Å². The SMILES string of the molecule is O=C(c1ccccc1)N1CCC(C(c2cccc(F)c2)C2CCNCC2)C1. The van der Waals surface area contributed by atoms with Crippen LogP contribution >= 0.6 is 0 Å². The zero-order valence-electron chi connectivity index (χ0n) is 15.6. The molecular formula is C23H27FN2O. The van der Waals surface area contributed by atoms with Crippen molar-refractivity contribution in [3.05, 3.63) is 71.5 Å². The lowest BCUT2D eigenvalue weighted by atomic mass is 9.73. The maximum Gasteiger partial charge on any atom is 0.253 e. The van der Waals surface area contributed by atoms with Crippen molar-refractivity contribution in [2.75, 3.05) is 26.2 Å². The summed E-state index contributed by atoms with van der Waals surface area (Å²) in [6.07, 6.45) is 3.22. The average molecular weight is 366 g/mol. The van der Waals surface area contributed by atoms with Crippen LogP contribution in [0, 0.1) is 17.7 Å². The van der Waals surface area contributed by atoms with Crippen LogP contribution in [0.3, 0.4) is 0 Å². The molecule has 0 spiro atoms. The van der Waals surface area contributed by atoms with Gasteiger partial charge in [-0.25, -0.2) is 4.39 Å². The van der Waals surface area contributed by atoms with E-state index in [0.717, 1.165) is 56.6 Å². The molecule has 4 rings (SSSR count). The Balaban J connectivity index is 1.55. The van der Waals surface area contributed by atoms with Crippen molar-refractivity contribution in [2.24, 2.45) is 11.8 Å². The van der Waals surface area contributed by atoms with Gasteiger partial charge in [0.05, 0.1) is 0 Å². The summed E-state index contributed by atoms with van der Waals surface area (Å²) in [5, 5.41) is 3.43. The normalized spacial score (nSPS) is 22.0. The molecule has 27 heavy (non-hydrogen) atoms. The first-order chi connectivity index (χ1) is 13.2. The molecule has 2 fully saturated rings. The van der Waals surface area contributed by atoms with Crippen LogP contribution in [-0.2, 0) is 0 Å². The van der Waals surface area contributed by atoms with Crippen molar-refractivity contribution < 1.29 is 9.18 Å². The summed E-state index contributed by atoms with van der Waals surface area (Å²) in [6.45, 7) is 3.60. The number of likely N-dealkylation sites (tertiary alicyclic amines) is 1. The third-order valence-electron chi connectivity index (χ3n) is 6.17. The molecule has 4 heteroatoms. The predicted molar refractivity (Wildman–Crippen MR) is 105 cm³/mol. The zero-order chi connectivity index (χ0) is 18.6. The number of carbonyl (C=O) groups is 1. The molecule has 2 heterocycles.